The summed E-state index contributed by atoms with van der Waals surface area (Å²) in [4.78, 5) is 21.4. The average molecular weight is 455 g/mol. The third-order valence-corrected chi connectivity index (χ3v) is 5.03. The fraction of sp³-hybridized carbons (Fsp3) is 0.0769. The third kappa shape index (κ3) is 4.75. The van der Waals surface area contributed by atoms with Gasteiger partial charge in [0, 0.05) is 28.9 Å². The second kappa shape index (κ2) is 9.91. The molecule has 5 aromatic rings. The second-order valence-corrected chi connectivity index (χ2v) is 7.23. The molecule has 170 valence electrons. The summed E-state index contributed by atoms with van der Waals surface area (Å²) in [6, 6.07) is 17.0. The van der Waals surface area contributed by atoms with Crippen molar-refractivity contribution in [2.75, 3.05) is 11.1 Å². The number of nitrogen functional groups attached to an aromatic ring is 1. The Morgan fingerprint density at radius 1 is 0.912 bits per heavy atom. The fourth-order valence-corrected chi connectivity index (χ4v) is 3.43. The number of anilines is 2. The average Bonchev–Trinajstić information content (AvgIpc) is 3.30. The van der Waals surface area contributed by atoms with Crippen LogP contribution in [0.1, 0.15) is 24.3 Å². The van der Waals surface area contributed by atoms with Gasteiger partial charge in [-0.3, -0.25) is 19.9 Å². The lowest BCUT2D eigenvalue weighted by molar-refractivity contribution is 0.102. The number of nitrogens with zero attached hydrogens (tertiary/aromatic N) is 3. The molecule has 2 aromatic carbocycles. The Balaban J connectivity index is 0.00000133. The van der Waals surface area contributed by atoms with Gasteiger partial charge in [0.25, 0.3) is 5.91 Å². The van der Waals surface area contributed by atoms with Gasteiger partial charge in [0.2, 0.25) is 0 Å². The number of rotatable bonds is 4. The van der Waals surface area contributed by atoms with Gasteiger partial charge in [0.05, 0.1) is 28.8 Å². The van der Waals surface area contributed by atoms with E-state index >= 15 is 0 Å². The van der Waals surface area contributed by atoms with Crippen molar-refractivity contribution in [2.45, 2.75) is 13.8 Å². The number of nitrogens with two attached hydrogens (primary N) is 1. The summed E-state index contributed by atoms with van der Waals surface area (Å²) in [5.74, 6) is -0.672. The van der Waals surface area contributed by atoms with Gasteiger partial charge in [-0.1, -0.05) is 19.9 Å². The molecule has 0 saturated carbocycles. The summed E-state index contributed by atoms with van der Waals surface area (Å²) in [6.45, 7) is 4.00. The summed E-state index contributed by atoms with van der Waals surface area (Å²) in [6.07, 6.45) is 4.84. The number of carbonyl (C=O) groups is 1. The van der Waals surface area contributed by atoms with Crippen molar-refractivity contribution >= 4 is 28.2 Å². The van der Waals surface area contributed by atoms with E-state index < -0.39 is 0 Å². The quantitative estimate of drug-likeness (QED) is 0.323. The number of carbonyl (C=O) groups excluding carboxylic acids is 1. The van der Waals surface area contributed by atoms with Gasteiger partial charge in [-0.15, -0.1) is 0 Å². The zero-order chi connectivity index (χ0) is 24.1. The van der Waals surface area contributed by atoms with E-state index in [1.165, 1.54) is 12.1 Å². The van der Waals surface area contributed by atoms with Crippen LogP contribution in [0.25, 0.3) is 33.3 Å². The van der Waals surface area contributed by atoms with E-state index in [9.17, 15) is 9.18 Å². The Morgan fingerprint density at radius 2 is 1.68 bits per heavy atom. The third-order valence-electron chi connectivity index (χ3n) is 5.03. The zero-order valence-electron chi connectivity index (χ0n) is 18.7. The van der Waals surface area contributed by atoms with Crippen LogP contribution < -0.4 is 11.1 Å². The molecule has 3 aromatic heterocycles. The van der Waals surface area contributed by atoms with Gasteiger partial charge in [-0.05, 0) is 60.2 Å². The highest BCUT2D eigenvalue weighted by Crippen LogP contribution is 2.26. The van der Waals surface area contributed by atoms with E-state index in [4.69, 9.17) is 5.73 Å². The molecule has 0 aliphatic heterocycles. The van der Waals surface area contributed by atoms with Crippen molar-refractivity contribution in [1.82, 2.24) is 20.2 Å². The first kappa shape index (κ1) is 22.6. The molecule has 0 unspecified atom stereocenters. The zero-order valence-corrected chi connectivity index (χ0v) is 18.7. The molecule has 0 aliphatic carbocycles. The predicted molar refractivity (Wildman–Crippen MR) is 133 cm³/mol. The van der Waals surface area contributed by atoms with Crippen LogP contribution in [0.3, 0.4) is 0 Å². The minimum absolute atomic E-state index is 0.265. The number of aromatic nitrogens is 4. The molecule has 0 radical (unpaired) electrons. The molecule has 8 heteroatoms. The van der Waals surface area contributed by atoms with Crippen LogP contribution in [0.15, 0.2) is 79.3 Å². The summed E-state index contributed by atoms with van der Waals surface area (Å²) in [7, 11) is 0. The lowest BCUT2D eigenvalue weighted by atomic mass is 10.0. The van der Waals surface area contributed by atoms with Crippen LogP contribution in [-0.4, -0.2) is 26.1 Å². The maximum atomic E-state index is 13.1. The number of hydrogen-bond acceptors (Lipinski definition) is 5. The van der Waals surface area contributed by atoms with Crippen molar-refractivity contribution in [1.29, 1.82) is 0 Å². The van der Waals surface area contributed by atoms with Gasteiger partial charge < -0.3 is 11.1 Å². The van der Waals surface area contributed by atoms with E-state index in [-0.39, 0.29) is 17.4 Å². The molecule has 34 heavy (non-hydrogen) atoms. The van der Waals surface area contributed by atoms with Gasteiger partial charge >= 0.3 is 0 Å². The first-order valence-electron chi connectivity index (χ1n) is 10.8. The highest BCUT2D eigenvalue weighted by atomic mass is 19.1. The van der Waals surface area contributed by atoms with Crippen LogP contribution in [0.5, 0.6) is 0 Å². The number of benzene rings is 2. The molecule has 0 spiro atoms. The van der Waals surface area contributed by atoms with Crippen LogP contribution >= 0.6 is 0 Å². The van der Waals surface area contributed by atoms with Gasteiger partial charge in [-0.25, -0.2) is 4.39 Å². The Bertz CT molecular complexity index is 1430. The number of fused-ring (bicyclic) bond motifs is 1. The van der Waals surface area contributed by atoms with Crippen molar-refractivity contribution in [3.63, 3.8) is 0 Å². The molecule has 7 nitrogen and oxygen atoms in total. The predicted octanol–water partition coefficient (Wildman–Crippen LogP) is 5.69. The highest BCUT2D eigenvalue weighted by molar-refractivity contribution is 6.11. The molecular formula is C26H23FN6O. The number of H-pyrrole nitrogens is 1. The first-order chi connectivity index (χ1) is 16.6. The molecule has 0 fully saturated rings. The lowest BCUT2D eigenvalue weighted by Crippen LogP contribution is -2.13. The van der Waals surface area contributed by atoms with E-state index in [2.05, 4.69) is 25.5 Å². The second-order valence-electron chi connectivity index (χ2n) is 7.23. The number of amides is 1. The Kier molecular flexibility index (Phi) is 6.59. The minimum Gasteiger partial charge on any atom is -0.397 e. The smallest absolute Gasteiger partial charge is 0.276 e. The first-order valence-corrected chi connectivity index (χ1v) is 10.8. The van der Waals surface area contributed by atoms with Gasteiger partial charge in [0.1, 0.15) is 5.82 Å². The Hall–Kier alpha value is -4.59. The SMILES string of the molecule is CC.Nc1cncc(-c2ccc3[nH]nc(C(=O)Nc4ccc(-c5ccc(F)cc5)nc4)c3c2)c1. The Morgan fingerprint density at radius 3 is 2.38 bits per heavy atom. The summed E-state index contributed by atoms with van der Waals surface area (Å²) >= 11 is 0. The van der Waals surface area contributed by atoms with Crippen LogP contribution in [-0.2, 0) is 0 Å². The summed E-state index contributed by atoms with van der Waals surface area (Å²) in [5.41, 5.74) is 11.1. The number of halogens is 1. The van der Waals surface area contributed by atoms with E-state index in [1.807, 2.05) is 38.1 Å². The monoisotopic (exact) mass is 454 g/mol. The Labute approximate surface area is 195 Å². The van der Waals surface area contributed by atoms with E-state index in [1.54, 1.807) is 42.9 Å². The standard InChI is InChI=1S/C24H17FN6O.C2H6/c25-17-4-1-14(2-5-17)21-8-6-19(13-28-21)29-24(32)23-20-10-15(3-7-22(20)30-31-23)16-9-18(26)12-27-11-16;1-2/h1-13H,26H2,(H,29,32)(H,30,31);1-2H3. The molecule has 5 rings (SSSR count). The molecule has 4 N–H and O–H groups in total. The van der Waals surface area contributed by atoms with E-state index in [0.717, 1.165) is 22.2 Å². The van der Waals surface area contributed by atoms with E-state index in [0.29, 0.717) is 22.5 Å². The minimum atomic E-state index is -0.365. The molecule has 3 heterocycles. The van der Waals surface area contributed by atoms with Gasteiger partial charge in [0.15, 0.2) is 5.69 Å². The number of pyridine rings is 2. The number of nitrogens with one attached hydrogen (secondary N) is 2. The van der Waals surface area contributed by atoms with Crippen LogP contribution in [0, 0.1) is 5.82 Å². The molecule has 1 amide bonds. The molecular weight excluding hydrogens is 431 g/mol. The maximum Gasteiger partial charge on any atom is 0.276 e. The molecule has 0 aliphatic rings. The largest absolute Gasteiger partial charge is 0.397 e. The van der Waals surface area contributed by atoms with Crippen molar-refractivity contribution in [3.05, 3.63) is 90.8 Å². The highest BCUT2D eigenvalue weighted by Gasteiger charge is 2.16. The molecule has 0 saturated heterocycles. The van der Waals surface area contributed by atoms with Gasteiger partial charge in [-0.2, -0.15) is 5.10 Å². The van der Waals surface area contributed by atoms with Crippen LogP contribution in [0.4, 0.5) is 15.8 Å². The fourth-order valence-electron chi connectivity index (χ4n) is 3.43. The maximum absolute atomic E-state index is 13.1. The topological polar surface area (TPSA) is 110 Å². The van der Waals surface area contributed by atoms with Crippen molar-refractivity contribution in [3.8, 4) is 22.4 Å². The van der Waals surface area contributed by atoms with Crippen molar-refractivity contribution in [2.24, 2.45) is 0 Å². The summed E-state index contributed by atoms with van der Waals surface area (Å²) < 4.78 is 13.1. The number of aromatic amines is 1. The number of hydrogen-bond donors (Lipinski definition) is 3. The lowest BCUT2D eigenvalue weighted by Gasteiger charge is -2.06. The molecule has 0 bridgehead atoms. The van der Waals surface area contributed by atoms with Crippen LogP contribution in [0.2, 0.25) is 0 Å². The molecule has 0 atom stereocenters. The normalized spacial score (nSPS) is 10.4. The summed E-state index contributed by atoms with van der Waals surface area (Å²) in [5, 5.41) is 10.6. The van der Waals surface area contributed by atoms with Crippen molar-refractivity contribution < 1.29 is 9.18 Å².